The monoisotopic (exact) mass is 350 g/mol. The van der Waals surface area contributed by atoms with Gasteiger partial charge in [-0.2, -0.15) is 0 Å². The molecule has 2 nitrogen and oxygen atoms in total. The molecule has 0 aromatic carbocycles. The lowest BCUT2D eigenvalue weighted by atomic mass is 9.70. The molecule has 90 valence electrons. The van der Waals surface area contributed by atoms with Gasteiger partial charge in [-0.1, -0.05) is 45.7 Å². The van der Waals surface area contributed by atoms with E-state index in [2.05, 4.69) is 45.7 Å². The van der Waals surface area contributed by atoms with Crippen molar-refractivity contribution in [3.05, 3.63) is 0 Å². The van der Waals surface area contributed by atoms with E-state index < -0.39 is 0 Å². The van der Waals surface area contributed by atoms with Gasteiger partial charge in [0, 0.05) is 16.7 Å². The van der Waals surface area contributed by atoms with Crippen LogP contribution in [0.3, 0.4) is 0 Å². The smallest absolute Gasteiger partial charge is 0.320 e. The summed E-state index contributed by atoms with van der Waals surface area (Å²) in [5, 5.41) is 0.942. The van der Waals surface area contributed by atoms with Crippen LogP contribution in [0.5, 0.6) is 0 Å². The predicted octanol–water partition coefficient (Wildman–Crippen LogP) is 3.12. The van der Waals surface area contributed by atoms with Crippen LogP contribution in [0.4, 0.5) is 0 Å². The molecule has 1 heterocycles. The normalized spacial score (nSPS) is 52.9. The van der Waals surface area contributed by atoms with Crippen molar-refractivity contribution in [2.24, 2.45) is 22.7 Å². The first kappa shape index (κ1) is 11.5. The number of hydrogen-bond acceptors (Lipinski definition) is 2. The summed E-state index contributed by atoms with van der Waals surface area (Å²) in [4.78, 5) is 11.6. The SMILES string of the molecule is CC1(C)[C@@H]2CC[C@@]1(CBr)[C@@H]1OC(=O)[C@@H](Br)[C@H]21. The van der Waals surface area contributed by atoms with Crippen molar-refractivity contribution in [3.8, 4) is 0 Å². The number of rotatable bonds is 1. The van der Waals surface area contributed by atoms with Crippen molar-refractivity contribution in [1.29, 1.82) is 0 Å². The second kappa shape index (κ2) is 3.25. The van der Waals surface area contributed by atoms with E-state index in [4.69, 9.17) is 4.74 Å². The molecule has 2 saturated carbocycles. The highest BCUT2D eigenvalue weighted by Crippen LogP contribution is 2.71. The molecule has 0 N–H and O–H groups in total. The molecule has 16 heavy (non-hydrogen) atoms. The maximum Gasteiger partial charge on any atom is 0.320 e. The Morgan fingerprint density at radius 1 is 1.50 bits per heavy atom. The van der Waals surface area contributed by atoms with Crippen LogP contribution in [0.2, 0.25) is 0 Å². The summed E-state index contributed by atoms with van der Waals surface area (Å²) in [6.45, 7) is 4.69. The molecule has 2 bridgehead atoms. The summed E-state index contributed by atoms with van der Waals surface area (Å²) >= 11 is 7.19. The van der Waals surface area contributed by atoms with E-state index in [1.165, 1.54) is 12.8 Å². The fourth-order valence-corrected chi connectivity index (χ4v) is 6.51. The summed E-state index contributed by atoms with van der Waals surface area (Å²) in [5.41, 5.74) is 0.430. The third-order valence-corrected chi connectivity index (χ3v) is 7.50. The summed E-state index contributed by atoms with van der Waals surface area (Å²) < 4.78 is 5.65. The number of fused-ring (bicyclic) bond motifs is 5. The van der Waals surface area contributed by atoms with Gasteiger partial charge in [0.25, 0.3) is 0 Å². The number of carbonyl (C=O) groups is 1. The lowest BCUT2D eigenvalue weighted by Crippen LogP contribution is -2.41. The van der Waals surface area contributed by atoms with Crippen molar-refractivity contribution in [3.63, 3.8) is 0 Å². The lowest BCUT2D eigenvalue weighted by Gasteiger charge is -2.39. The number of ether oxygens (including phenoxy) is 1. The summed E-state index contributed by atoms with van der Waals surface area (Å²) in [6, 6.07) is 0. The number of alkyl halides is 2. The van der Waals surface area contributed by atoms with Gasteiger partial charge in [-0.15, -0.1) is 0 Å². The minimum absolute atomic E-state index is 0.0530. The van der Waals surface area contributed by atoms with Crippen molar-refractivity contribution in [1.82, 2.24) is 0 Å². The zero-order chi connectivity index (χ0) is 11.7. The number of carbonyl (C=O) groups excluding carboxylic acids is 1. The van der Waals surface area contributed by atoms with Gasteiger partial charge in [-0.25, -0.2) is 0 Å². The van der Waals surface area contributed by atoms with Crippen LogP contribution in [-0.4, -0.2) is 22.2 Å². The van der Waals surface area contributed by atoms with Crippen LogP contribution in [0, 0.1) is 22.7 Å². The molecular formula is C12H16Br2O2. The van der Waals surface area contributed by atoms with E-state index in [9.17, 15) is 4.79 Å². The van der Waals surface area contributed by atoms with Crippen LogP contribution in [0.15, 0.2) is 0 Å². The Bertz CT molecular complexity index is 355. The van der Waals surface area contributed by atoms with E-state index >= 15 is 0 Å². The molecule has 4 heteroatoms. The number of halogens is 2. The quantitative estimate of drug-likeness (QED) is 0.536. The molecule has 0 radical (unpaired) electrons. The average Bonchev–Trinajstić information content (AvgIpc) is 2.73. The second-order valence-corrected chi connectivity index (χ2v) is 7.54. The van der Waals surface area contributed by atoms with E-state index in [0.29, 0.717) is 11.8 Å². The molecule has 0 aromatic heterocycles. The minimum Gasteiger partial charge on any atom is -0.461 e. The maximum absolute atomic E-state index is 11.7. The van der Waals surface area contributed by atoms with Crippen LogP contribution < -0.4 is 0 Å². The molecule has 2 aliphatic carbocycles. The molecular weight excluding hydrogens is 336 g/mol. The second-order valence-electron chi connectivity index (χ2n) is 5.99. The zero-order valence-electron chi connectivity index (χ0n) is 9.50. The first-order valence-corrected chi connectivity index (χ1v) is 7.90. The third kappa shape index (κ3) is 1.02. The van der Waals surface area contributed by atoms with Crippen molar-refractivity contribution in [2.45, 2.75) is 37.6 Å². The van der Waals surface area contributed by atoms with Crippen molar-refractivity contribution < 1.29 is 9.53 Å². The molecule has 0 amide bonds. The Morgan fingerprint density at radius 2 is 2.19 bits per heavy atom. The van der Waals surface area contributed by atoms with E-state index in [-0.39, 0.29) is 27.7 Å². The molecule has 1 aliphatic heterocycles. The van der Waals surface area contributed by atoms with E-state index in [1.54, 1.807) is 0 Å². The van der Waals surface area contributed by atoms with Gasteiger partial charge in [-0.05, 0) is 24.2 Å². The van der Waals surface area contributed by atoms with Gasteiger partial charge < -0.3 is 4.74 Å². The van der Waals surface area contributed by atoms with Crippen molar-refractivity contribution in [2.75, 3.05) is 5.33 Å². The zero-order valence-corrected chi connectivity index (χ0v) is 12.7. The van der Waals surface area contributed by atoms with Gasteiger partial charge in [0.1, 0.15) is 10.9 Å². The fraction of sp³-hybridized carbons (Fsp3) is 0.917. The molecule has 0 spiro atoms. The van der Waals surface area contributed by atoms with Crippen LogP contribution in [0.25, 0.3) is 0 Å². The molecule has 0 unspecified atom stereocenters. The summed E-state index contributed by atoms with van der Waals surface area (Å²) in [5.74, 6) is 0.947. The van der Waals surface area contributed by atoms with Gasteiger partial charge in [0.15, 0.2) is 0 Å². The maximum atomic E-state index is 11.7. The van der Waals surface area contributed by atoms with E-state index in [0.717, 1.165) is 5.33 Å². The number of hydrogen-bond donors (Lipinski definition) is 0. The summed E-state index contributed by atoms with van der Waals surface area (Å²) in [6.07, 6.45) is 2.54. The summed E-state index contributed by atoms with van der Waals surface area (Å²) in [7, 11) is 0. The topological polar surface area (TPSA) is 26.3 Å². The Hall–Kier alpha value is 0.430. The first-order chi connectivity index (χ1) is 7.45. The van der Waals surface area contributed by atoms with Gasteiger partial charge in [0.2, 0.25) is 0 Å². The Labute approximate surface area is 113 Å². The average molecular weight is 352 g/mol. The van der Waals surface area contributed by atoms with Crippen molar-refractivity contribution >= 4 is 37.8 Å². The van der Waals surface area contributed by atoms with Gasteiger partial charge >= 0.3 is 5.97 Å². The third-order valence-electron chi connectivity index (χ3n) is 5.52. The minimum atomic E-state index is -0.0806. The standard InChI is InChI=1S/C12H16Br2O2/c1-11(2)6-3-4-12(11,5-13)9-7(6)8(14)10(15)16-9/h6-9H,3-5H2,1-2H3/t6-,7+,8+,9-,12-/m1/s1. The molecule has 1 saturated heterocycles. The van der Waals surface area contributed by atoms with Gasteiger partial charge in [-0.3, -0.25) is 4.79 Å². The molecule has 3 aliphatic rings. The number of esters is 1. The highest BCUT2D eigenvalue weighted by molar-refractivity contribution is 9.10. The highest BCUT2D eigenvalue weighted by Gasteiger charge is 2.73. The van der Waals surface area contributed by atoms with Gasteiger partial charge in [0.05, 0.1) is 0 Å². The lowest BCUT2D eigenvalue weighted by molar-refractivity contribution is -0.147. The molecule has 5 atom stereocenters. The van der Waals surface area contributed by atoms with Crippen LogP contribution in [0.1, 0.15) is 26.7 Å². The highest BCUT2D eigenvalue weighted by atomic mass is 79.9. The fourth-order valence-electron chi connectivity index (χ4n) is 4.44. The Morgan fingerprint density at radius 3 is 2.81 bits per heavy atom. The van der Waals surface area contributed by atoms with Crippen LogP contribution in [-0.2, 0) is 9.53 Å². The van der Waals surface area contributed by atoms with E-state index in [1.807, 2.05) is 0 Å². The van der Waals surface area contributed by atoms with Crippen LogP contribution >= 0.6 is 31.9 Å². The predicted molar refractivity (Wildman–Crippen MR) is 68.8 cm³/mol. The molecule has 3 fully saturated rings. The Balaban J connectivity index is 2.09. The molecule has 0 aromatic rings. The largest absolute Gasteiger partial charge is 0.461 e. The Kier molecular flexibility index (Phi) is 2.34. The molecule has 3 rings (SSSR count). The first-order valence-electron chi connectivity index (χ1n) is 5.86.